The number of ether oxygens (including phenoxy) is 3. The summed E-state index contributed by atoms with van der Waals surface area (Å²) in [6, 6.07) is 21.3. The van der Waals surface area contributed by atoms with Crippen molar-refractivity contribution in [2.45, 2.75) is 12.7 Å². The number of amides is 1. The van der Waals surface area contributed by atoms with Crippen molar-refractivity contribution in [1.29, 1.82) is 0 Å². The van der Waals surface area contributed by atoms with Gasteiger partial charge in [0.25, 0.3) is 5.91 Å². The van der Waals surface area contributed by atoms with Crippen LogP contribution in [-0.4, -0.2) is 30.4 Å². The van der Waals surface area contributed by atoms with Crippen LogP contribution < -0.4 is 19.5 Å². The van der Waals surface area contributed by atoms with Crippen LogP contribution in [0.2, 0.25) is 0 Å². The number of hydrogen-bond acceptors (Lipinski definition) is 5. The van der Waals surface area contributed by atoms with E-state index in [2.05, 4.69) is 11.4 Å². The fourth-order valence-corrected chi connectivity index (χ4v) is 4.28. The molecule has 6 heteroatoms. The van der Waals surface area contributed by atoms with E-state index in [4.69, 9.17) is 14.2 Å². The van der Waals surface area contributed by atoms with Gasteiger partial charge in [0.1, 0.15) is 18.5 Å². The number of anilines is 1. The molecular weight excluding hydrogens is 392 g/mol. The summed E-state index contributed by atoms with van der Waals surface area (Å²) in [4.78, 5) is 15.4. The monoisotopic (exact) mass is 412 g/mol. The molecular formula is C25H20N2O4. The second kappa shape index (κ2) is 7.09. The average molecular weight is 412 g/mol. The largest absolute Gasteiger partial charge is 0.488 e. The second-order valence-corrected chi connectivity index (χ2v) is 7.76. The molecule has 3 heterocycles. The van der Waals surface area contributed by atoms with Crippen LogP contribution in [0.4, 0.5) is 5.69 Å². The molecule has 6 nitrogen and oxygen atoms in total. The number of fused-ring (bicyclic) bond motifs is 3. The van der Waals surface area contributed by atoms with Crippen LogP contribution in [0.5, 0.6) is 17.2 Å². The highest BCUT2D eigenvalue weighted by molar-refractivity contribution is 6.02. The third kappa shape index (κ3) is 3.08. The van der Waals surface area contributed by atoms with Gasteiger partial charge in [-0.1, -0.05) is 36.4 Å². The molecule has 3 aliphatic heterocycles. The molecule has 0 radical (unpaired) electrons. The zero-order valence-electron chi connectivity index (χ0n) is 16.7. The Morgan fingerprint density at radius 2 is 1.74 bits per heavy atom. The van der Waals surface area contributed by atoms with Gasteiger partial charge in [0.2, 0.25) is 6.79 Å². The van der Waals surface area contributed by atoms with Crippen molar-refractivity contribution in [3.05, 3.63) is 89.0 Å². The predicted molar refractivity (Wildman–Crippen MR) is 116 cm³/mol. The SMILES string of the molecule is O=C1c2ccccc2NC(C2=Cc3ccccc3OC2)N1Cc1ccc2c(c1)OCO2. The van der Waals surface area contributed by atoms with Gasteiger partial charge in [-0.25, -0.2) is 0 Å². The van der Waals surface area contributed by atoms with Crippen LogP contribution in [-0.2, 0) is 6.54 Å². The lowest BCUT2D eigenvalue weighted by Crippen LogP contribution is -2.50. The van der Waals surface area contributed by atoms with E-state index in [9.17, 15) is 4.79 Å². The van der Waals surface area contributed by atoms with Gasteiger partial charge in [0.05, 0.1) is 5.56 Å². The van der Waals surface area contributed by atoms with E-state index < -0.39 is 0 Å². The van der Waals surface area contributed by atoms with E-state index in [0.29, 0.717) is 24.5 Å². The van der Waals surface area contributed by atoms with Gasteiger partial charge in [-0.2, -0.15) is 0 Å². The Morgan fingerprint density at radius 3 is 2.71 bits per heavy atom. The molecule has 0 saturated heterocycles. The molecule has 3 aliphatic rings. The third-order valence-corrected chi connectivity index (χ3v) is 5.82. The van der Waals surface area contributed by atoms with Crippen molar-refractivity contribution in [2.75, 3.05) is 18.7 Å². The lowest BCUT2D eigenvalue weighted by Gasteiger charge is -2.40. The van der Waals surface area contributed by atoms with Gasteiger partial charge >= 0.3 is 0 Å². The molecule has 1 amide bonds. The van der Waals surface area contributed by atoms with E-state index >= 15 is 0 Å². The summed E-state index contributed by atoms with van der Waals surface area (Å²) in [5.74, 6) is 2.28. The fraction of sp³-hybridized carbons (Fsp3) is 0.160. The standard InChI is InChI=1S/C25H20N2O4/c28-25-19-6-2-3-7-20(19)26-24(18-12-17-5-1-4-8-21(17)29-14-18)27(25)13-16-9-10-22-23(11-16)31-15-30-22/h1-12,24,26H,13-15H2. The Morgan fingerprint density at radius 1 is 0.903 bits per heavy atom. The van der Waals surface area contributed by atoms with Gasteiger partial charge in [0.15, 0.2) is 11.5 Å². The minimum Gasteiger partial charge on any atom is -0.488 e. The molecule has 0 spiro atoms. The minimum atomic E-state index is -0.318. The van der Waals surface area contributed by atoms with Crippen molar-refractivity contribution in [3.63, 3.8) is 0 Å². The van der Waals surface area contributed by atoms with Crippen molar-refractivity contribution in [1.82, 2.24) is 4.90 Å². The number of nitrogens with one attached hydrogen (secondary N) is 1. The van der Waals surface area contributed by atoms with Gasteiger partial charge in [-0.3, -0.25) is 4.79 Å². The van der Waals surface area contributed by atoms with Gasteiger partial charge in [-0.15, -0.1) is 0 Å². The molecule has 3 aromatic carbocycles. The Hall–Kier alpha value is -3.93. The van der Waals surface area contributed by atoms with Crippen LogP contribution in [0.25, 0.3) is 6.08 Å². The highest BCUT2D eigenvalue weighted by Crippen LogP contribution is 2.36. The molecule has 0 saturated carbocycles. The molecule has 0 fully saturated rings. The zero-order chi connectivity index (χ0) is 20.8. The van der Waals surface area contributed by atoms with Crippen LogP contribution in [0.15, 0.2) is 72.3 Å². The summed E-state index contributed by atoms with van der Waals surface area (Å²) < 4.78 is 16.9. The highest BCUT2D eigenvalue weighted by atomic mass is 16.7. The van der Waals surface area contributed by atoms with E-state index in [1.54, 1.807) is 0 Å². The minimum absolute atomic E-state index is 0.0169. The number of carbonyl (C=O) groups excluding carboxylic acids is 1. The summed E-state index contributed by atoms with van der Waals surface area (Å²) >= 11 is 0. The Bertz CT molecular complexity index is 1220. The van der Waals surface area contributed by atoms with Crippen molar-refractivity contribution >= 4 is 17.7 Å². The number of carbonyl (C=O) groups is 1. The molecule has 1 N–H and O–H groups in total. The molecule has 3 aromatic rings. The van der Waals surface area contributed by atoms with Crippen LogP contribution in [0, 0.1) is 0 Å². The Balaban J connectivity index is 1.39. The molecule has 6 rings (SSSR count). The van der Waals surface area contributed by atoms with Gasteiger partial charge in [0, 0.05) is 23.4 Å². The zero-order valence-corrected chi connectivity index (χ0v) is 16.7. The number of rotatable bonds is 3. The molecule has 1 atom stereocenters. The quantitative estimate of drug-likeness (QED) is 0.696. The lowest BCUT2D eigenvalue weighted by atomic mass is 9.99. The third-order valence-electron chi connectivity index (χ3n) is 5.82. The molecule has 1 unspecified atom stereocenters. The maximum atomic E-state index is 13.5. The topological polar surface area (TPSA) is 60.0 Å². The Kier molecular flexibility index (Phi) is 4.09. The first kappa shape index (κ1) is 17.9. The summed E-state index contributed by atoms with van der Waals surface area (Å²) in [7, 11) is 0. The number of hydrogen-bond donors (Lipinski definition) is 1. The van der Waals surface area contributed by atoms with E-state index in [1.165, 1.54) is 0 Å². The normalized spacial score (nSPS) is 18.5. The van der Waals surface area contributed by atoms with E-state index in [1.807, 2.05) is 71.6 Å². The van der Waals surface area contributed by atoms with Crippen LogP contribution in [0.3, 0.4) is 0 Å². The maximum Gasteiger partial charge on any atom is 0.258 e. The van der Waals surface area contributed by atoms with Gasteiger partial charge < -0.3 is 24.4 Å². The molecule has 31 heavy (non-hydrogen) atoms. The number of benzene rings is 3. The first-order valence-corrected chi connectivity index (χ1v) is 10.2. The second-order valence-electron chi connectivity index (χ2n) is 7.76. The molecule has 0 aromatic heterocycles. The molecule has 0 bridgehead atoms. The van der Waals surface area contributed by atoms with E-state index in [0.717, 1.165) is 33.9 Å². The summed E-state index contributed by atoms with van der Waals surface area (Å²) in [5.41, 5.74) is 4.49. The summed E-state index contributed by atoms with van der Waals surface area (Å²) in [5, 5.41) is 3.55. The predicted octanol–water partition coefficient (Wildman–Crippen LogP) is 4.29. The van der Waals surface area contributed by atoms with Gasteiger partial charge in [-0.05, 0) is 42.0 Å². The highest BCUT2D eigenvalue weighted by Gasteiger charge is 2.35. The van der Waals surface area contributed by atoms with Crippen LogP contribution >= 0.6 is 0 Å². The lowest BCUT2D eigenvalue weighted by molar-refractivity contribution is 0.0688. The van der Waals surface area contributed by atoms with Crippen LogP contribution in [0.1, 0.15) is 21.5 Å². The first-order valence-electron chi connectivity index (χ1n) is 10.2. The van der Waals surface area contributed by atoms with Crippen molar-refractivity contribution in [3.8, 4) is 17.2 Å². The van der Waals surface area contributed by atoms with E-state index in [-0.39, 0.29) is 18.9 Å². The fourth-order valence-electron chi connectivity index (χ4n) is 4.28. The van der Waals surface area contributed by atoms with Crippen molar-refractivity contribution < 1.29 is 19.0 Å². The molecule has 0 aliphatic carbocycles. The summed E-state index contributed by atoms with van der Waals surface area (Å²) in [6.45, 7) is 1.07. The summed E-state index contributed by atoms with van der Waals surface area (Å²) in [6.07, 6.45) is 1.80. The first-order chi connectivity index (χ1) is 15.3. The maximum absolute atomic E-state index is 13.5. The number of nitrogens with zero attached hydrogens (tertiary/aromatic N) is 1. The molecule has 154 valence electrons. The number of para-hydroxylation sites is 2. The smallest absolute Gasteiger partial charge is 0.258 e. The average Bonchev–Trinajstić information content (AvgIpc) is 3.28. The van der Waals surface area contributed by atoms with Crippen molar-refractivity contribution in [2.24, 2.45) is 0 Å². The Labute approximate surface area is 179 Å².